The van der Waals surface area contributed by atoms with E-state index in [1.165, 1.54) is 0 Å². The first kappa shape index (κ1) is 15.9. The van der Waals surface area contributed by atoms with E-state index in [2.05, 4.69) is 35.6 Å². The van der Waals surface area contributed by atoms with Crippen LogP contribution < -0.4 is 0 Å². The predicted octanol–water partition coefficient (Wildman–Crippen LogP) is 3.31. The summed E-state index contributed by atoms with van der Waals surface area (Å²) in [6, 6.07) is 6.11. The van der Waals surface area contributed by atoms with Crippen molar-refractivity contribution in [1.82, 2.24) is 29.5 Å². The lowest BCUT2D eigenvalue weighted by atomic mass is 9.97. The second-order valence-corrected chi connectivity index (χ2v) is 7.40. The molecule has 5 rings (SSSR count). The number of aryl methyl sites for hydroxylation is 1. The molecule has 1 aliphatic rings. The summed E-state index contributed by atoms with van der Waals surface area (Å²) in [5.41, 5.74) is 5.51. The molecule has 0 saturated heterocycles. The molecule has 0 aliphatic heterocycles. The van der Waals surface area contributed by atoms with Crippen molar-refractivity contribution in [3.63, 3.8) is 0 Å². The Morgan fingerprint density at radius 2 is 2.19 bits per heavy atom. The van der Waals surface area contributed by atoms with Crippen LogP contribution in [0.25, 0.3) is 16.8 Å². The van der Waals surface area contributed by atoms with Gasteiger partial charge < -0.3 is 4.98 Å². The van der Waals surface area contributed by atoms with Crippen molar-refractivity contribution in [2.75, 3.05) is 0 Å². The van der Waals surface area contributed by atoms with Gasteiger partial charge in [-0.05, 0) is 56.2 Å². The van der Waals surface area contributed by atoms with Crippen molar-refractivity contribution >= 4 is 16.8 Å². The molecule has 134 valence electrons. The fourth-order valence-electron chi connectivity index (χ4n) is 4.31. The molecule has 0 unspecified atom stereocenters. The molecule has 0 radical (unpaired) electrons. The third kappa shape index (κ3) is 2.65. The SMILES string of the molecule is Cc1cc(C#N)cnc1C[C@H]1CC[C@@H](c2nnc3cnc4[nH]ccc4n23)C1. The molecule has 27 heavy (non-hydrogen) atoms. The average Bonchev–Trinajstić information content (AvgIpc) is 3.41. The number of hydrogen-bond acceptors (Lipinski definition) is 5. The number of pyridine rings is 1. The van der Waals surface area contributed by atoms with E-state index in [1.807, 2.05) is 25.3 Å². The lowest BCUT2D eigenvalue weighted by Crippen LogP contribution is -2.06. The highest BCUT2D eigenvalue weighted by atomic mass is 15.3. The molecule has 1 fully saturated rings. The van der Waals surface area contributed by atoms with Gasteiger partial charge in [0.1, 0.15) is 11.9 Å². The lowest BCUT2D eigenvalue weighted by molar-refractivity contribution is 0.522. The first-order valence-electron chi connectivity index (χ1n) is 9.25. The molecule has 4 aromatic heterocycles. The summed E-state index contributed by atoms with van der Waals surface area (Å²) < 4.78 is 2.14. The number of H-pyrrole nitrogens is 1. The lowest BCUT2D eigenvalue weighted by Gasteiger charge is -2.12. The number of aromatic amines is 1. The summed E-state index contributed by atoms with van der Waals surface area (Å²) >= 11 is 0. The molecule has 0 amide bonds. The summed E-state index contributed by atoms with van der Waals surface area (Å²) in [6.45, 7) is 2.04. The topological polar surface area (TPSA) is 95.5 Å². The fourth-order valence-corrected chi connectivity index (χ4v) is 4.31. The highest BCUT2D eigenvalue weighted by molar-refractivity contribution is 5.74. The number of nitriles is 1. The van der Waals surface area contributed by atoms with Gasteiger partial charge in [0.2, 0.25) is 0 Å². The normalized spacial score (nSPS) is 19.7. The fraction of sp³-hybridized carbons (Fsp3) is 0.350. The molecule has 4 heterocycles. The van der Waals surface area contributed by atoms with Gasteiger partial charge in [-0.15, -0.1) is 10.2 Å². The van der Waals surface area contributed by atoms with Crippen molar-refractivity contribution in [3.05, 3.63) is 53.4 Å². The molecular formula is C20H19N7. The van der Waals surface area contributed by atoms with Crippen LogP contribution in [-0.4, -0.2) is 29.5 Å². The van der Waals surface area contributed by atoms with Gasteiger partial charge in [0.05, 0.1) is 17.3 Å². The van der Waals surface area contributed by atoms with E-state index in [0.29, 0.717) is 17.4 Å². The summed E-state index contributed by atoms with van der Waals surface area (Å²) in [6.07, 6.45) is 9.64. The first-order chi connectivity index (χ1) is 13.2. The highest BCUT2D eigenvalue weighted by Gasteiger charge is 2.30. The summed E-state index contributed by atoms with van der Waals surface area (Å²) in [4.78, 5) is 12.1. The standard InChI is InChI=1S/C20H19N7/c1-12-6-14(9-21)10-23-16(12)8-13-2-3-15(7-13)20-26-25-18-11-24-19-17(27(18)20)4-5-22-19/h4-6,10-11,13,15,22H,2-3,7-8H2,1H3/t13-,15+/m0/s1. The van der Waals surface area contributed by atoms with Gasteiger partial charge in [-0.1, -0.05) is 0 Å². The van der Waals surface area contributed by atoms with Gasteiger partial charge >= 0.3 is 0 Å². The van der Waals surface area contributed by atoms with Crippen LogP contribution >= 0.6 is 0 Å². The van der Waals surface area contributed by atoms with Gasteiger partial charge in [-0.3, -0.25) is 9.38 Å². The molecule has 7 nitrogen and oxygen atoms in total. The van der Waals surface area contributed by atoms with E-state index >= 15 is 0 Å². The zero-order chi connectivity index (χ0) is 18.4. The Hall–Kier alpha value is -3.27. The van der Waals surface area contributed by atoms with E-state index in [-0.39, 0.29) is 0 Å². The third-order valence-electron chi connectivity index (χ3n) is 5.67. The van der Waals surface area contributed by atoms with E-state index in [4.69, 9.17) is 5.26 Å². The third-order valence-corrected chi connectivity index (χ3v) is 5.67. The predicted molar refractivity (Wildman–Crippen MR) is 100 cm³/mol. The van der Waals surface area contributed by atoms with Crippen LogP contribution in [0, 0.1) is 24.2 Å². The number of aromatic nitrogens is 6. The molecule has 1 aliphatic carbocycles. The Morgan fingerprint density at radius 1 is 1.26 bits per heavy atom. The average molecular weight is 357 g/mol. The van der Waals surface area contributed by atoms with Crippen LogP contribution in [0.15, 0.2) is 30.7 Å². The quantitative estimate of drug-likeness (QED) is 0.607. The Morgan fingerprint density at radius 3 is 3.04 bits per heavy atom. The molecule has 7 heteroatoms. The van der Waals surface area contributed by atoms with Crippen molar-refractivity contribution in [2.24, 2.45) is 5.92 Å². The van der Waals surface area contributed by atoms with Crippen LogP contribution in [-0.2, 0) is 6.42 Å². The van der Waals surface area contributed by atoms with Crippen LogP contribution in [0.5, 0.6) is 0 Å². The smallest absolute Gasteiger partial charge is 0.179 e. The van der Waals surface area contributed by atoms with Gasteiger partial charge in [0.15, 0.2) is 11.3 Å². The maximum atomic E-state index is 9.01. The molecule has 0 bridgehead atoms. The summed E-state index contributed by atoms with van der Waals surface area (Å²) in [5.74, 6) is 2.00. The number of rotatable bonds is 3. The number of nitrogens with zero attached hydrogens (tertiary/aromatic N) is 6. The molecule has 0 spiro atoms. The Labute approximate surface area is 156 Å². The maximum Gasteiger partial charge on any atom is 0.179 e. The second kappa shape index (κ2) is 6.16. The van der Waals surface area contributed by atoms with Crippen LogP contribution in [0.4, 0.5) is 0 Å². The van der Waals surface area contributed by atoms with Crippen LogP contribution in [0.3, 0.4) is 0 Å². The summed E-state index contributed by atoms with van der Waals surface area (Å²) in [5, 5.41) is 17.8. The van der Waals surface area contributed by atoms with E-state index < -0.39 is 0 Å². The first-order valence-corrected chi connectivity index (χ1v) is 9.25. The molecule has 1 saturated carbocycles. The largest absolute Gasteiger partial charge is 0.345 e. The minimum Gasteiger partial charge on any atom is -0.345 e. The van der Waals surface area contributed by atoms with E-state index in [0.717, 1.165) is 59.6 Å². The van der Waals surface area contributed by atoms with Gasteiger partial charge in [0.25, 0.3) is 0 Å². The molecule has 1 N–H and O–H groups in total. The van der Waals surface area contributed by atoms with Crippen molar-refractivity contribution < 1.29 is 0 Å². The van der Waals surface area contributed by atoms with Gasteiger partial charge in [-0.25, -0.2) is 4.98 Å². The zero-order valence-electron chi connectivity index (χ0n) is 15.1. The van der Waals surface area contributed by atoms with Crippen LogP contribution in [0.2, 0.25) is 0 Å². The molecule has 2 atom stereocenters. The number of hydrogen-bond donors (Lipinski definition) is 1. The minimum atomic E-state index is 0.393. The number of nitrogens with one attached hydrogen (secondary N) is 1. The Bertz CT molecular complexity index is 1180. The van der Waals surface area contributed by atoms with Crippen molar-refractivity contribution in [3.8, 4) is 6.07 Å². The highest BCUT2D eigenvalue weighted by Crippen LogP contribution is 2.39. The second-order valence-electron chi connectivity index (χ2n) is 7.40. The van der Waals surface area contributed by atoms with Gasteiger partial charge in [-0.2, -0.15) is 5.26 Å². The van der Waals surface area contributed by atoms with Crippen molar-refractivity contribution in [2.45, 2.75) is 38.5 Å². The van der Waals surface area contributed by atoms with Crippen LogP contribution in [0.1, 0.15) is 47.8 Å². The minimum absolute atomic E-state index is 0.393. The van der Waals surface area contributed by atoms with E-state index in [9.17, 15) is 0 Å². The monoisotopic (exact) mass is 357 g/mol. The summed E-state index contributed by atoms with van der Waals surface area (Å²) in [7, 11) is 0. The number of fused-ring (bicyclic) bond motifs is 3. The van der Waals surface area contributed by atoms with E-state index in [1.54, 1.807) is 12.4 Å². The zero-order valence-corrected chi connectivity index (χ0v) is 15.1. The van der Waals surface area contributed by atoms with Crippen molar-refractivity contribution in [1.29, 1.82) is 5.26 Å². The Kier molecular flexibility index (Phi) is 3.64. The van der Waals surface area contributed by atoms with Gasteiger partial charge in [0, 0.05) is 24.0 Å². The molecule has 0 aromatic carbocycles. The molecular weight excluding hydrogens is 338 g/mol. The Balaban J connectivity index is 1.41. The maximum absolute atomic E-state index is 9.01. The molecule has 4 aromatic rings.